The van der Waals surface area contributed by atoms with Crippen molar-refractivity contribution in [2.75, 3.05) is 13.2 Å². The van der Waals surface area contributed by atoms with Gasteiger partial charge in [-0.1, -0.05) is 42.0 Å². The third-order valence-electron chi connectivity index (χ3n) is 3.14. The number of aliphatic hydroxyl groups is 1. The Kier molecular flexibility index (Phi) is 5.59. The highest BCUT2D eigenvalue weighted by molar-refractivity contribution is 5.28. The molecule has 0 atom stereocenters. The topological polar surface area (TPSA) is 46.1 Å². The largest absolute Gasteiger partial charge is 0.489 e. The molecule has 0 aromatic heterocycles. The normalized spacial score (nSPS) is 10.5. The Morgan fingerprint density at radius 1 is 1.05 bits per heavy atom. The molecule has 106 valence electrons. The van der Waals surface area contributed by atoms with E-state index in [4.69, 9.17) is 9.84 Å². The predicted octanol–water partition coefficient (Wildman–Crippen LogP) is 1.63. The minimum atomic E-state index is 0.212. The van der Waals surface area contributed by atoms with E-state index < -0.39 is 0 Å². The van der Waals surface area contributed by atoms with E-state index in [0.29, 0.717) is 6.61 Å². The Bertz CT molecular complexity index is 523. The summed E-state index contributed by atoms with van der Waals surface area (Å²) in [5.41, 5.74) is 3.64. The molecule has 0 unspecified atom stereocenters. The van der Waals surface area contributed by atoms with Gasteiger partial charge in [0.15, 0.2) is 0 Å². The van der Waals surface area contributed by atoms with Crippen LogP contribution in [0.25, 0.3) is 0 Å². The second kappa shape index (κ2) is 7.68. The molecule has 0 heterocycles. The highest BCUT2D eigenvalue weighted by Crippen LogP contribution is 2.15. The Hall–Kier alpha value is -1.84. The molecule has 0 aliphatic carbocycles. The molecule has 0 amide bonds. The molecular formula is C17H22NO2+. The number of nitrogens with two attached hydrogens (primary N) is 1. The van der Waals surface area contributed by atoms with Crippen molar-refractivity contribution in [2.24, 2.45) is 0 Å². The smallest absolute Gasteiger partial charge is 0.120 e. The van der Waals surface area contributed by atoms with Crippen LogP contribution >= 0.6 is 0 Å². The van der Waals surface area contributed by atoms with Crippen molar-refractivity contribution < 1.29 is 15.2 Å². The van der Waals surface area contributed by atoms with E-state index >= 15 is 0 Å². The van der Waals surface area contributed by atoms with Crippen molar-refractivity contribution >= 4 is 0 Å². The fourth-order valence-corrected chi connectivity index (χ4v) is 1.97. The fourth-order valence-electron chi connectivity index (χ4n) is 1.97. The second-order valence-corrected chi connectivity index (χ2v) is 4.93. The van der Waals surface area contributed by atoms with Crippen LogP contribution in [-0.4, -0.2) is 18.3 Å². The van der Waals surface area contributed by atoms with E-state index in [1.54, 1.807) is 0 Å². The molecule has 0 fully saturated rings. The molecule has 2 rings (SSSR count). The van der Waals surface area contributed by atoms with Crippen molar-refractivity contribution in [3.63, 3.8) is 0 Å². The molecule has 0 bridgehead atoms. The highest BCUT2D eigenvalue weighted by atomic mass is 16.5. The number of benzene rings is 2. The molecule has 0 aliphatic heterocycles. The molecule has 2 aromatic rings. The third-order valence-corrected chi connectivity index (χ3v) is 3.14. The number of aliphatic hydroxyl groups excluding tert-OH is 1. The van der Waals surface area contributed by atoms with Crippen LogP contribution in [0.5, 0.6) is 5.75 Å². The molecule has 20 heavy (non-hydrogen) atoms. The average Bonchev–Trinajstić information content (AvgIpc) is 2.47. The van der Waals surface area contributed by atoms with Crippen molar-refractivity contribution in [1.82, 2.24) is 0 Å². The van der Waals surface area contributed by atoms with E-state index in [1.807, 2.05) is 12.1 Å². The van der Waals surface area contributed by atoms with Gasteiger partial charge in [0.05, 0.1) is 13.2 Å². The molecule has 0 aliphatic rings. The lowest BCUT2D eigenvalue weighted by atomic mass is 10.2. The first-order chi connectivity index (χ1) is 9.78. The van der Waals surface area contributed by atoms with Crippen molar-refractivity contribution in [3.05, 3.63) is 65.2 Å². The van der Waals surface area contributed by atoms with Crippen LogP contribution in [-0.2, 0) is 13.2 Å². The molecule has 3 N–H and O–H groups in total. The van der Waals surface area contributed by atoms with E-state index in [0.717, 1.165) is 18.8 Å². The van der Waals surface area contributed by atoms with Crippen LogP contribution in [0.1, 0.15) is 16.7 Å². The van der Waals surface area contributed by atoms with Crippen LogP contribution in [0.2, 0.25) is 0 Å². The molecule has 0 spiro atoms. The Morgan fingerprint density at radius 2 is 1.85 bits per heavy atom. The molecular weight excluding hydrogens is 250 g/mol. The van der Waals surface area contributed by atoms with Crippen LogP contribution in [0.3, 0.4) is 0 Å². The molecule has 3 heteroatoms. The van der Waals surface area contributed by atoms with Crippen LogP contribution in [0.4, 0.5) is 0 Å². The number of hydrogen-bond acceptors (Lipinski definition) is 2. The first-order valence-corrected chi connectivity index (χ1v) is 6.98. The number of aryl methyl sites for hydroxylation is 1. The quantitative estimate of drug-likeness (QED) is 0.753. The maximum Gasteiger partial charge on any atom is 0.120 e. The lowest BCUT2D eigenvalue weighted by molar-refractivity contribution is -0.671. The lowest BCUT2D eigenvalue weighted by Crippen LogP contribution is -2.83. The maximum atomic E-state index is 8.77. The summed E-state index contributed by atoms with van der Waals surface area (Å²) in [5, 5.41) is 10.9. The molecule has 2 aromatic carbocycles. The first kappa shape index (κ1) is 14.6. The molecule has 3 nitrogen and oxygen atoms in total. The number of quaternary nitrogens is 1. The average molecular weight is 272 g/mol. The van der Waals surface area contributed by atoms with Gasteiger partial charge >= 0.3 is 0 Å². The summed E-state index contributed by atoms with van der Waals surface area (Å²) in [6.07, 6.45) is 0. The van der Waals surface area contributed by atoms with E-state index in [-0.39, 0.29) is 6.61 Å². The number of hydrogen-bond donors (Lipinski definition) is 2. The van der Waals surface area contributed by atoms with Gasteiger partial charge in [-0.3, -0.25) is 0 Å². The summed E-state index contributed by atoms with van der Waals surface area (Å²) in [7, 11) is 0. The minimum Gasteiger partial charge on any atom is -0.489 e. The SMILES string of the molecule is Cc1ccc(COc2cccc(C[NH2+]CCO)c2)cc1. The van der Waals surface area contributed by atoms with E-state index in [1.165, 1.54) is 16.7 Å². The van der Waals surface area contributed by atoms with Crippen LogP contribution in [0, 0.1) is 6.92 Å². The van der Waals surface area contributed by atoms with Gasteiger partial charge in [-0.05, 0) is 24.6 Å². The van der Waals surface area contributed by atoms with E-state index in [9.17, 15) is 0 Å². The van der Waals surface area contributed by atoms with Gasteiger partial charge in [-0.25, -0.2) is 0 Å². The summed E-state index contributed by atoms with van der Waals surface area (Å²) < 4.78 is 5.82. The Morgan fingerprint density at radius 3 is 2.60 bits per heavy atom. The molecule has 0 saturated carbocycles. The third kappa shape index (κ3) is 4.68. The van der Waals surface area contributed by atoms with E-state index in [2.05, 4.69) is 48.6 Å². The number of ether oxygens (including phenoxy) is 1. The zero-order chi connectivity index (χ0) is 14.2. The monoisotopic (exact) mass is 272 g/mol. The van der Waals surface area contributed by atoms with Crippen LogP contribution in [0.15, 0.2) is 48.5 Å². The van der Waals surface area contributed by atoms with Crippen LogP contribution < -0.4 is 10.1 Å². The van der Waals surface area contributed by atoms with Gasteiger partial charge < -0.3 is 15.2 Å². The van der Waals surface area contributed by atoms with Gasteiger partial charge in [0, 0.05) is 5.56 Å². The summed E-state index contributed by atoms with van der Waals surface area (Å²) in [5.74, 6) is 0.889. The Balaban J connectivity index is 1.89. The zero-order valence-electron chi connectivity index (χ0n) is 11.9. The zero-order valence-corrected chi connectivity index (χ0v) is 11.9. The van der Waals surface area contributed by atoms with Gasteiger partial charge in [-0.15, -0.1) is 0 Å². The summed E-state index contributed by atoms with van der Waals surface area (Å²) in [6, 6.07) is 16.5. The van der Waals surface area contributed by atoms with Gasteiger partial charge in [-0.2, -0.15) is 0 Å². The first-order valence-electron chi connectivity index (χ1n) is 6.98. The molecule has 0 saturated heterocycles. The van der Waals surface area contributed by atoms with Gasteiger partial charge in [0.25, 0.3) is 0 Å². The molecule has 0 radical (unpaired) electrons. The second-order valence-electron chi connectivity index (χ2n) is 4.93. The predicted molar refractivity (Wildman–Crippen MR) is 79.5 cm³/mol. The van der Waals surface area contributed by atoms with Gasteiger partial charge in [0.2, 0.25) is 0 Å². The summed E-state index contributed by atoms with van der Waals surface area (Å²) >= 11 is 0. The lowest BCUT2D eigenvalue weighted by Gasteiger charge is -2.08. The number of rotatable bonds is 7. The minimum absolute atomic E-state index is 0.212. The summed E-state index contributed by atoms with van der Waals surface area (Å²) in [4.78, 5) is 0. The Labute approximate surface area is 120 Å². The fraction of sp³-hybridized carbons (Fsp3) is 0.294. The summed E-state index contributed by atoms with van der Waals surface area (Å²) in [6.45, 7) is 4.47. The highest BCUT2D eigenvalue weighted by Gasteiger charge is 2.00. The standard InChI is InChI=1S/C17H21NO2/c1-14-5-7-15(8-6-14)13-20-17-4-2-3-16(11-17)12-18-9-10-19/h2-8,11,18-19H,9-10,12-13H2,1H3/p+1. The van der Waals surface area contributed by atoms with Crippen molar-refractivity contribution in [3.8, 4) is 5.75 Å². The van der Waals surface area contributed by atoms with Crippen molar-refractivity contribution in [1.29, 1.82) is 0 Å². The maximum absolute atomic E-state index is 8.77. The van der Waals surface area contributed by atoms with Gasteiger partial charge in [0.1, 0.15) is 18.9 Å². The van der Waals surface area contributed by atoms with Crippen molar-refractivity contribution in [2.45, 2.75) is 20.1 Å².